The molecule has 96 valence electrons. The van der Waals surface area contributed by atoms with Crippen LogP contribution in [0.3, 0.4) is 0 Å². The molecule has 0 heterocycles. The van der Waals surface area contributed by atoms with Crippen molar-refractivity contribution in [3.05, 3.63) is 29.8 Å². The highest BCUT2D eigenvalue weighted by Gasteiger charge is 2.25. The van der Waals surface area contributed by atoms with Crippen LogP contribution in [0, 0.1) is 0 Å². The summed E-state index contributed by atoms with van der Waals surface area (Å²) in [5.74, 6) is 0. The number of likely N-dealkylation sites (N-methyl/N-ethyl adjacent to an activating group) is 1. The van der Waals surface area contributed by atoms with Crippen LogP contribution in [0.1, 0.15) is 38.8 Å². The first-order valence-electron chi connectivity index (χ1n) is 6.13. The van der Waals surface area contributed by atoms with Crippen molar-refractivity contribution in [2.75, 3.05) is 18.6 Å². The number of hydrogen-bond acceptors (Lipinski definition) is 3. The van der Waals surface area contributed by atoms with E-state index < -0.39 is 0 Å². The zero-order chi connectivity index (χ0) is 13.1. The molecule has 1 atom stereocenters. The molecule has 1 aromatic rings. The van der Waals surface area contributed by atoms with Crippen LogP contribution in [0.2, 0.25) is 0 Å². The molecular weight excluding hydrogens is 212 g/mol. The van der Waals surface area contributed by atoms with E-state index in [-0.39, 0.29) is 18.2 Å². The van der Waals surface area contributed by atoms with Crippen molar-refractivity contribution in [2.24, 2.45) is 5.73 Å². The van der Waals surface area contributed by atoms with E-state index in [0.29, 0.717) is 0 Å². The molecule has 0 fully saturated rings. The van der Waals surface area contributed by atoms with Gasteiger partial charge in [0.15, 0.2) is 0 Å². The largest absolute Gasteiger partial charge is 0.394 e. The van der Waals surface area contributed by atoms with Gasteiger partial charge in [-0.1, -0.05) is 25.1 Å². The van der Waals surface area contributed by atoms with E-state index in [4.69, 9.17) is 5.73 Å². The Bertz CT molecular complexity index is 363. The average Bonchev–Trinajstić information content (AvgIpc) is 2.36. The molecule has 0 aromatic heterocycles. The van der Waals surface area contributed by atoms with Gasteiger partial charge in [0, 0.05) is 18.8 Å². The van der Waals surface area contributed by atoms with Crippen molar-refractivity contribution in [1.82, 2.24) is 0 Å². The molecule has 3 nitrogen and oxygen atoms in total. The Labute approximate surface area is 104 Å². The van der Waals surface area contributed by atoms with Crippen molar-refractivity contribution in [2.45, 2.75) is 38.8 Å². The summed E-state index contributed by atoms with van der Waals surface area (Å²) in [5.41, 5.74) is 8.08. The van der Waals surface area contributed by atoms with Crippen LogP contribution in [0.15, 0.2) is 24.3 Å². The highest BCUT2D eigenvalue weighted by molar-refractivity contribution is 5.56. The summed E-state index contributed by atoms with van der Waals surface area (Å²) >= 11 is 0. The van der Waals surface area contributed by atoms with Gasteiger partial charge in [0.1, 0.15) is 0 Å². The normalized spacial score (nSPS) is 13.5. The minimum Gasteiger partial charge on any atom is -0.394 e. The SMILES string of the molecule is CC[C@@H](N)c1ccccc1N(C)C(C)(C)CO. The van der Waals surface area contributed by atoms with E-state index >= 15 is 0 Å². The van der Waals surface area contributed by atoms with Crippen LogP contribution < -0.4 is 10.6 Å². The second-order valence-electron chi connectivity index (χ2n) is 5.10. The van der Waals surface area contributed by atoms with Crippen LogP contribution in [0.4, 0.5) is 5.69 Å². The van der Waals surface area contributed by atoms with Gasteiger partial charge in [0.2, 0.25) is 0 Å². The number of rotatable bonds is 5. The zero-order valence-corrected chi connectivity index (χ0v) is 11.3. The Hall–Kier alpha value is -1.06. The number of benzene rings is 1. The summed E-state index contributed by atoms with van der Waals surface area (Å²) in [5, 5.41) is 9.44. The monoisotopic (exact) mass is 236 g/mol. The second kappa shape index (κ2) is 5.52. The van der Waals surface area contributed by atoms with Gasteiger partial charge in [-0.05, 0) is 31.9 Å². The molecule has 0 saturated heterocycles. The van der Waals surface area contributed by atoms with E-state index in [1.54, 1.807) is 0 Å². The fraction of sp³-hybridized carbons (Fsp3) is 0.571. The third-order valence-corrected chi connectivity index (χ3v) is 3.43. The molecule has 1 rings (SSSR count). The first-order valence-corrected chi connectivity index (χ1v) is 6.13. The quantitative estimate of drug-likeness (QED) is 0.824. The summed E-state index contributed by atoms with van der Waals surface area (Å²) in [4.78, 5) is 2.10. The summed E-state index contributed by atoms with van der Waals surface area (Å²) in [6, 6.07) is 8.18. The maximum Gasteiger partial charge on any atom is 0.0658 e. The number of anilines is 1. The first-order chi connectivity index (χ1) is 7.94. The molecule has 0 saturated carbocycles. The van der Waals surface area contributed by atoms with Crippen molar-refractivity contribution < 1.29 is 5.11 Å². The predicted octanol–water partition coefficient (Wildman–Crippen LogP) is 2.30. The number of para-hydroxylation sites is 1. The van der Waals surface area contributed by atoms with Crippen LogP contribution in [0.5, 0.6) is 0 Å². The maximum absolute atomic E-state index is 9.44. The highest BCUT2D eigenvalue weighted by Crippen LogP contribution is 2.30. The van der Waals surface area contributed by atoms with Crippen molar-refractivity contribution in [3.8, 4) is 0 Å². The van der Waals surface area contributed by atoms with Gasteiger partial charge < -0.3 is 15.7 Å². The van der Waals surface area contributed by atoms with Crippen LogP contribution >= 0.6 is 0 Å². The molecule has 0 bridgehead atoms. The van der Waals surface area contributed by atoms with E-state index in [0.717, 1.165) is 17.7 Å². The second-order valence-corrected chi connectivity index (χ2v) is 5.10. The van der Waals surface area contributed by atoms with Gasteiger partial charge in [-0.15, -0.1) is 0 Å². The van der Waals surface area contributed by atoms with E-state index in [9.17, 15) is 5.11 Å². The number of nitrogens with zero attached hydrogens (tertiary/aromatic N) is 1. The van der Waals surface area contributed by atoms with Crippen LogP contribution in [-0.4, -0.2) is 24.3 Å². The lowest BCUT2D eigenvalue weighted by Crippen LogP contribution is -2.45. The van der Waals surface area contributed by atoms with Crippen LogP contribution in [0.25, 0.3) is 0 Å². The average molecular weight is 236 g/mol. The smallest absolute Gasteiger partial charge is 0.0658 e. The number of nitrogens with two attached hydrogens (primary N) is 1. The summed E-state index contributed by atoms with van der Waals surface area (Å²) in [6.07, 6.45) is 0.907. The topological polar surface area (TPSA) is 49.5 Å². The van der Waals surface area contributed by atoms with Gasteiger partial charge >= 0.3 is 0 Å². The molecule has 0 aliphatic rings. The minimum absolute atomic E-state index is 0.0446. The van der Waals surface area contributed by atoms with Gasteiger partial charge in [-0.2, -0.15) is 0 Å². The predicted molar refractivity (Wildman–Crippen MR) is 73.2 cm³/mol. The van der Waals surface area contributed by atoms with Crippen molar-refractivity contribution in [3.63, 3.8) is 0 Å². The molecule has 0 amide bonds. The number of hydrogen-bond donors (Lipinski definition) is 2. The number of aliphatic hydroxyl groups is 1. The summed E-state index contributed by atoms with van der Waals surface area (Å²) < 4.78 is 0. The summed E-state index contributed by atoms with van der Waals surface area (Å²) in [6.45, 7) is 6.22. The third kappa shape index (κ3) is 2.99. The van der Waals surface area contributed by atoms with Crippen molar-refractivity contribution >= 4 is 5.69 Å². The molecule has 17 heavy (non-hydrogen) atoms. The van der Waals surface area contributed by atoms with E-state index in [2.05, 4.69) is 24.0 Å². The lowest BCUT2D eigenvalue weighted by molar-refractivity contribution is 0.216. The molecule has 1 aromatic carbocycles. The molecular formula is C14H24N2O. The van der Waals surface area contributed by atoms with Crippen molar-refractivity contribution in [1.29, 1.82) is 0 Å². The Morgan fingerprint density at radius 1 is 1.35 bits per heavy atom. The summed E-state index contributed by atoms with van der Waals surface area (Å²) in [7, 11) is 2.00. The lowest BCUT2D eigenvalue weighted by Gasteiger charge is -2.37. The molecule has 0 aliphatic heterocycles. The zero-order valence-electron chi connectivity index (χ0n) is 11.3. The van der Waals surface area contributed by atoms with E-state index in [1.165, 1.54) is 0 Å². The fourth-order valence-corrected chi connectivity index (χ4v) is 1.76. The highest BCUT2D eigenvalue weighted by atomic mass is 16.3. The Balaban J connectivity index is 3.13. The Morgan fingerprint density at radius 2 is 1.94 bits per heavy atom. The molecule has 3 N–H and O–H groups in total. The Morgan fingerprint density at radius 3 is 2.47 bits per heavy atom. The molecule has 0 unspecified atom stereocenters. The molecule has 3 heteroatoms. The lowest BCUT2D eigenvalue weighted by atomic mass is 9.98. The van der Waals surface area contributed by atoms with Crippen LogP contribution in [-0.2, 0) is 0 Å². The minimum atomic E-state index is -0.288. The van der Waals surface area contributed by atoms with Gasteiger partial charge in [0.25, 0.3) is 0 Å². The molecule has 0 radical (unpaired) electrons. The maximum atomic E-state index is 9.44. The number of aliphatic hydroxyl groups excluding tert-OH is 1. The third-order valence-electron chi connectivity index (χ3n) is 3.43. The fourth-order valence-electron chi connectivity index (χ4n) is 1.76. The van der Waals surface area contributed by atoms with Gasteiger partial charge in [-0.3, -0.25) is 0 Å². The first kappa shape index (κ1) is 14.0. The van der Waals surface area contributed by atoms with Gasteiger partial charge in [0.05, 0.1) is 12.1 Å². The Kier molecular flexibility index (Phi) is 4.54. The molecule has 0 aliphatic carbocycles. The molecule has 0 spiro atoms. The standard InChI is InChI=1S/C14H24N2O/c1-5-12(15)11-8-6-7-9-13(11)16(4)14(2,3)10-17/h6-9,12,17H,5,10,15H2,1-4H3/t12-/m1/s1. The van der Waals surface area contributed by atoms with E-state index in [1.807, 2.05) is 33.0 Å². The van der Waals surface area contributed by atoms with Gasteiger partial charge in [-0.25, -0.2) is 0 Å².